The molecule has 0 saturated heterocycles. The van der Waals surface area contributed by atoms with Crippen molar-refractivity contribution in [3.05, 3.63) is 35.7 Å². The van der Waals surface area contributed by atoms with Crippen molar-refractivity contribution in [2.45, 2.75) is 18.6 Å². The zero-order valence-electron chi connectivity index (χ0n) is 9.06. The molecular formula is C12H15N3S. The molecule has 0 amide bonds. The van der Waals surface area contributed by atoms with E-state index in [4.69, 9.17) is 5.73 Å². The summed E-state index contributed by atoms with van der Waals surface area (Å²) < 4.78 is 0. The monoisotopic (exact) mass is 233 g/mol. The van der Waals surface area contributed by atoms with Crippen LogP contribution in [0.4, 0.5) is 0 Å². The largest absolute Gasteiger partial charge is 0.330 e. The van der Waals surface area contributed by atoms with Gasteiger partial charge in [-0.25, -0.2) is 4.98 Å². The molecule has 16 heavy (non-hydrogen) atoms. The average Bonchev–Trinajstić information content (AvgIpc) is 2.35. The number of nitrogens with zero attached hydrogens (tertiary/aromatic N) is 2. The highest BCUT2D eigenvalue weighted by atomic mass is 32.1. The normalized spacial score (nSPS) is 10.9. The van der Waals surface area contributed by atoms with Crippen molar-refractivity contribution >= 4 is 23.7 Å². The molecule has 0 aliphatic rings. The molecular weight excluding hydrogens is 218 g/mol. The molecule has 0 unspecified atom stereocenters. The number of hydrogen-bond acceptors (Lipinski definition) is 4. The lowest BCUT2D eigenvalue weighted by molar-refractivity contribution is 0.833. The summed E-state index contributed by atoms with van der Waals surface area (Å²) >= 11 is 4.20. The van der Waals surface area contributed by atoms with Crippen LogP contribution in [0.25, 0.3) is 11.0 Å². The first-order valence-corrected chi connectivity index (χ1v) is 6.02. The first kappa shape index (κ1) is 11.4. The van der Waals surface area contributed by atoms with Gasteiger partial charge in [-0.2, -0.15) is 12.6 Å². The molecule has 1 aromatic heterocycles. The van der Waals surface area contributed by atoms with E-state index in [0.29, 0.717) is 5.75 Å². The van der Waals surface area contributed by atoms with Gasteiger partial charge in [0, 0.05) is 11.9 Å². The van der Waals surface area contributed by atoms with Crippen LogP contribution in [0.15, 0.2) is 24.4 Å². The van der Waals surface area contributed by atoms with E-state index in [2.05, 4.69) is 34.7 Å². The topological polar surface area (TPSA) is 51.8 Å². The summed E-state index contributed by atoms with van der Waals surface area (Å²) in [6.07, 6.45) is 3.78. The van der Waals surface area contributed by atoms with E-state index >= 15 is 0 Å². The maximum atomic E-state index is 5.50. The van der Waals surface area contributed by atoms with E-state index in [1.54, 1.807) is 6.20 Å². The molecule has 2 rings (SSSR count). The molecule has 84 valence electrons. The molecule has 4 heteroatoms. The van der Waals surface area contributed by atoms with E-state index in [1.165, 1.54) is 5.56 Å². The van der Waals surface area contributed by atoms with Crippen LogP contribution >= 0.6 is 12.6 Å². The molecule has 0 aliphatic heterocycles. The van der Waals surface area contributed by atoms with Crippen LogP contribution in [0.5, 0.6) is 0 Å². The third-order valence-corrected chi connectivity index (χ3v) is 2.81. The van der Waals surface area contributed by atoms with Crippen molar-refractivity contribution in [3.63, 3.8) is 0 Å². The van der Waals surface area contributed by atoms with Gasteiger partial charge in [-0.05, 0) is 37.1 Å². The second kappa shape index (κ2) is 5.27. The number of benzene rings is 1. The minimum Gasteiger partial charge on any atom is -0.330 e. The predicted octanol–water partition coefficient (Wildman–Crippen LogP) is 1.95. The zero-order valence-corrected chi connectivity index (χ0v) is 9.95. The summed E-state index contributed by atoms with van der Waals surface area (Å²) in [5, 5.41) is 0. The quantitative estimate of drug-likeness (QED) is 0.794. The summed E-state index contributed by atoms with van der Waals surface area (Å²) in [4.78, 5) is 8.83. The Bertz CT molecular complexity index is 485. The van der Waals surface area contributed by atoms with Gasteiger partial charge < -0.3 is 5.73 Å². The second-order valence-electron chi connectivity index (χ2n) is 3.73. The highest BCUT2D eigenvalue weighted by molar-refractivity contribution is 7.79. The lowest BCUT2D eigenvalue weighted by Crippen LogP contribution is -2.00. The fourth-order valence-corrected chi connectivity index (χ4v) is 1.79. The van der Waals surface area contributed by atoms with Crippen LogP contribution in [0.3, 0.4) is 0 Å². The number of aryl methyl sites for hydroxylation is 1. The summed E-state index contributed by atoms with van der Waals surface area (Å²) in [6, 6.07) is 6.19. The lowest BCUT2D eigenvalue weighted by Gasteiger charge is -2.03. The molecule has 1 heterocycles. The Balaban J connectivity index is 2.35. The molecule has 2 aromatic rings. The van der Waals surface area contributed by atoms with Gasteiger partial charge in [0.1, 0.15) is 0 Å². The molecule has 1 aromatic carbocycles. The van der Waals surface area contributed by atoms with Crippen molar-refractivity contribution in [3.8, 4) is 0 Å². The minimum absolute atomic E-state index is 0.621. The summed E-state index contributed by atoms with van der Waals surface area (Å²) in [5.74, 6) is 0.621. The predicted molar refractivity (Wildman–Crippen MR) is 69.6 cm³/mol. The van der Waals surface area contributed by atoms with E-state index in [9.17, 15) is 0 Å². The first-order chi connectivity index (χ1) is 7.83. The third kappa shape index (κ3) is 2.51. The van der Waals surface area contributed by atoms with E-state index in [1.807, 2.05) is 6.07 Å². The summed E-state index contributed by atoms with van der Waals surface area (Å²) in [7, 11) is 0. The lowest BCUT2D eigenvalue weighted by atomic mass is 10.1. The van der Waals surface area contributed by atoms with E-state index < -0.39 is 0 Å². The molecule has 0 bridgehead atoms. The average molecular weight is 233 g/mol. The number of rotatable bonds is 4. The molecule has 0 radical (unpaired) electrons. The molecule has 0 spiro atoms. The standard InChI is InChI=1S/C12H15N3S/c13-5-1-2-9-3-4-11-12(6-9)15-10(8-16)7-14-11/h3-4,6-7,16H,1-2,5,8,13H2. The fraction of sp³-hybridized carbons (Fsp3) is 0.333. The number of fused-ring (bicyclic) bond motifs is 1. The van der Waals surface area contributed by atoms with E-state index in [-0.39, 0.29) is 0 Å². The Morgan fingerprint density at radius 3 is 2.88 bits per heavy atom. The van der Waals surface area contributed by atoms with Crippen LogP contribution in [-0.2, 0) is 12.2 Å². The van der Waals surface area contributed by atoms with Crippen LogP contribution < -0.4 is 5.73 Å². The third-order valence-electron chi connectivity index (χ3n) is 2.49. The van der Waals surface area contributed by atoms with Gasteiger partial charge in [0.2, 0.25) is 0 Å². The van der Waals surface area contributed by atoms with Crippen LogP contribution in [-0.4, -0.2) is 16.5 Å². The first-order valence-electron chi connectivity index (χ1n) is 5.39. The van der Waals surface area contributed by atoms with Crippen LogP contribution in [0.2, 0.25) is 0 Å². The molecule has 0 atom stereocenters. The molecule has 3 nitrogen and oxygen atoms in total. The maximum absolute atomic E-state index is 5.50. The smallest absolute Gasteiger partial charge is 0.0893 e. The zero-order chi connectivity index (χ0) is 11.4. The molecule has 0 aliphatic carbocycles. The van der Waals surface area contributed by atoms with Crippen molar-refractivity contribution in [2.75, 3.05) is 6.54 Å². The van der Waals surface area contributed by atoms with Crippen molar-refractivity contribution in [1.82, 2.24) is 9.97 Å². The number of aromatic nitrogens is 2. The van der Waals surface area contributed by atoms with Crippen LogP contribution in [0.1, 0.15) is 17.7 Å². The minimum atomic E-state index is 0.621. The second-order valence-corrected chi connectivity index (χ2v) is 4.05. The van der Waals surface area contributed by atoms with Gasteiger partial charge in [-0.1, -0.05) is 6.07 Å². The van der Waals surface area contributed by atoms with Gasteiger partial charge >= 0.3 is 0 Å². The number of nitrogens with two attached hydrogens (primary N) is 1. The van der Waals surface area contributed by atoms with Crippen molar-refractivity contribution in [1.29, 1.82) is 0 Å². The Hall–Kier alpha value is -1.13. The van der Waals surface area contributed by atoms with Gasteiger partial charge in [0.05, 0.1) is 16.7 Å². The molecule has 0 saturated carbocycles. The highest BCUT2D eigenvalue weighted by Crippen LogP contribution is 2.14. The maximum Gasteiger partial charge on any atom is 0.0893 e. The van der Waals surface area contributed by atoms with Crippen LogP contribution in [0, 0.1) is 0 Å². The highest BCUT2D eigenvalue weighted by Gasteiger charge is 2.00. The van der Waals surface area contributed by atoms with Crippen molar-refractivity contribution in [2.24, 2.45) is 5.73 Å². The van der Waals surface area contributed by atoms with Gasteiger partial charge in [-0.3, -0.25) is 4.98 Å². The Kier molecular flexibility index (Phi) is 3.74. The van der Waals surface area contributed by atoms with Gasteiger partial charge in [-0.15, -0.1) is 0 Å². The molecule has 2 N–H and O–H groups in total. The van der Waals surface area contributed by atoms with Crippen molar-refractivity contribution < 1.29 is 0 Å². The Labute approximate surface area is 101 Å². The Morgan fingerprint density at radius 2 is 2.12 bits per heavy atom. The van der Waals surface area contributed by atoms with Gasteiger partial charge in [0.15, 0.2) is 0 Å². The summed E-state index contributed by atoms with van der Waals surface area (Å²) in [5.41, 5.74) is 9.55. The van der Waals surface area contributed by atoms with E-state index in [0.717, 1.165) is 36.1 Å². The molecule has 0 fully saturated rings. The SMILES string of the molecule is NCCCc1ccc2ncc(CS)nc2c1. The fourth-order valence-electron chi connectivity index (χ4n) is 1.63. The van der Waals surface area contributed by atoms with Gasteiger partial charge in [0.25, 0.3) is 0 Å². The number of hydrogen-bond donors (Lipinski definition) is 2. The summed E-state index contributed by atoms with van der Waals surface area (Å²) in [6.45, 7) is 0.723. The Morgan fingerprint density at radius 1 is 1.25 bits per heavy atom. The number of thiol groups is 1.